The predicted octanol–water partition coefficient (Wildman–Crippen LogP) is -0.153. The third kappa shape index (κ3) is 2.81. The third-order valence-electron chi connectivity index (χ3n) is 4.94. The SMILES string of the molecule is O=c1[nH]c2ncc(N3CCO[C@H](CO)C3)cc2n1C1CCNCC1. The molecule has 2 aromatic rings. The first-order chi connectivity index (χ1) is 11.8. The number of fused-ring (bicyclic) bond motifs is 1. The van der Waals surface area contributed by atoms with Gasteiger partial charge in [-0.05, 0) is 32.0 Å². The smallest absolute Gasteiger partial charge is 0.327 e. The van der Waals surface area contributed by atoms with Gasteiger partial charge in [0.05, 0.1) is 36.7 Å². The highest BCUT2D eigenvalue weighted by Gasteiger charge is 2.23. The summed E-state index contributed by atoms with van der Waals surface area (Å²) in [4.78, 5) is 21.9. The van der Waals surface area contributed by atoms with Crippen molar-refractivity contribution in [3.63, 3.8) is 0 Å². The third-order valence-corrected chi connectivity index (χ3v) is 4.94. The molecule has 0 saturated carbocycles. The number of aromatic nitrogens is 3. The number of morpholine rings is 1. The van der Waals surface area contributed by atoms with Gasteiger partial charge in [0.1, 0.15) is 0 Å². The average molecular weight is 333 g/mol. The number of pyridine rings is 1. The van der Waals surface area contributed by atoms with Crippen LogP contribution in [0.2, 0.25) is 0 Å². The lowest BCUT2D eigenvalue weighted by Gasteiger charge is -2.33. The van der Waals surface area contributed by atoms with Gasteiger partial charge in [-0.3, -0.25) is 9.55 Å². The molecule has 4 heterocycles. The highest BCUT2D eigenvalue weighted by Crippen LogP contribution is 2.25. The number of imidazole rings is 1. The van der Waals surface area contributed by atoms with Crippen molar-refractivity contribution in [1.82, 2.24) is 19.9 Å². The van der Waals surface area contributed by atoms with E-state index in [9.17, 15) is 9.90 Å². The second kappa shape index (κ2) is 6.54. The Kier molecular flexibility index (Phi) is 4.26. The van der Waals surface area contributed by atoms with Crippen LogP contribution in [-0.4, -0.2) is 65.1 Å². The van der Waals surface area contributed by atoms with Crippen LogP contribution >= 0.6 is 0 Å². The maximum atomic E-state index is 12.4. The van der Waals surface area contributed by atoms with Crippen molar-refractivity contribution in [1.29, 1.82) is 0 Å². The van der Waals surface area contributed by atoms with E-state index in [-0.39, 0.29) is 24.4 Å². The Labute approximate surface area is 139 Å². The van der Waals surface area contributed by atoms with E-state index in [1.54, 1.807) is 6.20 Å². The van der Waals surface area contributed by atoms with Crippen molar-refractivity contribution in [3.05, 3.63) is 22.7 Å². The lowest BCUT2D eigenvalue weighted by molar-refractivity contribution is 0.00356. The first-order valence-corrected chi connectivity index (χ1v) is 8.54. The average Bonchev–Trinajstić information content (AvgIpc) is 2.97. The summed E-state index contributed by atoms with van der Waals surface area (Å²) in [6, 6.07) is 2.24. The van der Waals surface area contributed by atoms with Crippen LogP contribution in [0.25, 0.3) is 11.2 Å². The highest BCUT2D eigenvalue weighted by molar-refractivity contribution is 5.75. The zero-order valence-electron chi connectivity index (χ0n) is 13.6. The fourth-order valence-electron chi connectivity index (χ4n) is 3.66. The van der Waals surface area contributed by atoms with Gasteiger partial charge in [0, 0.05) is 19.1 Å². The van der Waals surface area contributed by atoms with Gasteiger partial charge in [-0.15, -0.1) is 0 Å². The molecule has 0 spiro atoms. The van der Waals surface area contributed by atoms with Crippen LogP contribution in [-0.2, 0) is 4.74 Å². The second-order valence-electron chi connectivity index (χ2n) is 6.46. The van der Waals surface area contributed by atoms with Crippen molar-refractivity contribution in [3.8, 4) is 0 Å². The Morgan fingerprint density at radius 1 is 1.38 bits per heavy atom. The molecule has 2 aliphatic rings. The zero-order valence-corrected chi connectivity index (χ0v) is 13.6. The Morgan fingerprint density at radius 2 is 2.21 bits per heavy atom. The number of ether oxygens (including phenoxy) is 1. The van der Waals surface area contributed by atoms with Gasteiger partial charge in [0.25, 0.3) is 0 Å². The summed E-state index contributed by atoms with van der Waals surface area (Å²) in [7, 11) is 0. The predicted molar refractivity (Wildman–Crippen MR) is 90.5 cm³/mol. The summed E-state index contributed by atoms with van der Waals surface area (Å²) in [6.45, 7) is 3.84. The molecule has 130 valence electrons. The fraction of sp³-hybridized carbons (Fsp3) is 0.625. The Bertz CT molecular complexity index is 765. The van der Waals surface area contributed by atoms with E-state index in [4.69, 9.17) is 4.74 Å². The van der Waals surface area contributed by atoms with Crippen LogP contribution in [0.1, 0.15) is 18.9 Å². The van der Waals surface area contributed by atoms with E-state index < -0.39 is 0 Å². The van der Waals surface area contributed by atoms with E-state index in [1.807, 2.05) is 10.6 Å². The molecular formula is C16H23N5O3. The molecule has 2 aromatic heterocycles. The van der Waals surface area contributed by atoms with Gasteiger partial charge in [0.2, 0.25) is 0 Å². The van der Waals surface area contributed by atoms with Crippen molar-refractivity contribution in [2.75, 3.05) is 44.3 Å². The maximum Gasteiger partial charge on any atom is 0.327 e. The Balaban J connectivity index is 1.70. The van der Waals surface area contributed by atoms with Crippen LogP contribution in [0.15, 0.2) is 17.1 Å². The zero-order chi connectivity index (χ0) is 16.5. The number of nitrogens with zero attached hydrogens (tertiary/aromatic N) is 3. The van der Waals surface area contributed by atoms with Crippen molar-refractivity contribution >= 4 is 16.9 Å². The number of H-pyrrole nitrogens is 1. The summed E-state index contributed by atoms with van der Waals surface area (Å²) >= 11 is 0. The summed E-state index contributed by atoms with van der Waals surface area (Å²) < 4.78 is 7.37. The molecule has 24 heavy (non-hydrogen) atoms. The quantitative estimate of drug-likeness (QED) is 0.723. The number of hydrogen-bond acceptors (Lipinski definition) is 6. The van der Waals surface area contributed by atoms with Gasteiger partial charge in [-0.1, -0.05) is 0 Å². The molecule has 8 nitrogen and oxygen atoms in total. The monoisotopic (exact) mass is 333 g/mol. The van der Waals surface area contributed by atoms with Gasteiger partial charge in [-0.25, -0.2) is 9.78 Å². The van der Waals surface area contributed by atoms with Gasteiger partial charge in [-0.2, -0.15) is 0 Å². The second-order valence-corrected chi connectivity index (χ2v) is 6.46. The minimum Gasteiger partial charge on any atom is -0.394 e. The number of rotatable bonds is 3. The summed E-state index contributed by atoms with van der Waals surface area (Å²) in [5, 5.41) is 12.7. The minimum atomic E-state index is -0.174. The molecule has 2 saturated heterocycles. The van der Waals surface area contributed by atoms with Crippen LogP contribution < -0.4 is 15.9 Å². The molecule has 0 aliphatic carbocycles. The first-order valence-electron chi connectivity index (χ1n) is 8.54. The summed E-state index contributed by atoms with van der Waals surface area (Å²) in [5.74, 6) is 0. The molecule has 0 radical (unpaired) electrons. The van der Waals surface area contributed by atoms with Gasteiger partial charge >= 0.3 is 5.69 Å². The van der Waals surface area contributed by atoms with Crippen LogP contribution in [0.3, 0.4) is 0 Å². The molecule has 3 N–H and O–H groups in total. The number of piperidine rings is 1. The largest absolute Gasteiger partial charge is 0.394 e. The number of nitrogens with one attached hydrogen (secondary N) is 2. The Hall–Kier alpha value is -1.90. The van der Waals surface area contributed by atoms with Crippen molar-refractivity contribution < 1.29 is 9.84 Å². The van der Waals surface area contributed by atoms with E-state index in [2.05, 4.69) is 20.2 Å². The van der Waals surface area contributed by atoms with E-state index >= 15 is 0 Å². The maximum absolute atomic E-state index is 12.4. The minimum absolute atomic E-state index is 0.0100. The standard InChI is InChI=1S/C16H23N5O3/c22-10-13-9-20(5-6-24-13)12-7-14-15(18-8-12)19-16(23)21(14)11-1-3-17-4-2-11/h7-8,11,13,17,22H,1-6,9-10H2,(H,18,19,23)/t13-/m0/s1. The van der Waals surface area contributed by atoms with Crippen LogP contribution in [0.4, 0.5) is 5.69 Å². The molecule has 4 rings (SSSR count). The molecule has 2 aliphatic heterocycles. The van der Waals surface area contributed by atoms with Gasteiger partial charge in [0.15, 0.2) is 5.65 Å². The number of aliphatic hydroxyl groups excluding tert-OH is 1. The number of hydrogen-bond donors (Lipinski definition) is 3. The molecule has 0 aromatic carbocycles. The normalized spacial score (nSPS) is 23.0. The molecular weight excluding hydrogens is 310 g/mol. The van der Waals surface area contributed by atoms with Gasteiger partial charge < -0.3 is 20.1 Å². The van der Waals surface area contributed by atoms with Crippen LogP contribution in [0.5, 0.6) is 0 Å². The number of aromatic amines is 1. The topological polar surface area (TPSA) is 95.4 Å². The van der Waals surface area contributed by atoms with Crippen molar-refractivity contribution in [2.45, 2.75) is 25.0 Å². The lowest BCUT2D eigenvalue weighted by Crippen LogP contribution is -2.44. The fourth-order valence-corrected chi connectivity index (χ4v) is 3.66. The molecule has 1 atom stereocenters. The van der Waals surface area contributed by atoms with Crippen molar-refractivity contribution in [2.24, 2.45) is 0 Å². The van der Waals surface area contributed by atoms with E-state index in [1.165, 1.54) is 0 Å². The highest BCUT2D eigenvalue weighted by atomic mass is 16.5. The molecule has 2 fully saturated rings. The lowest BCUT2D eigenvalue weighted by atomic mass is 10.1. The first kappa shape index (κ1) is 15.6. The summed E-state index contributed by atoms with van der Waals surface area (Å²) in [5.41, 5.74) is 2.37. The number of aliphatic hydroxyl groups is 1. The van der Waals surface area contributed by atoms with Crippen LogP contribution in [0, 0.1) is 0 Å². The molecule has 8 heteroatoms. The molecule has 0 bridgehead atoms. The molecule has 0 amide bonds. The molecule has 0 unspecified atom stereocenters. The van der Waals surface area contributed by atoms with E-state index in [0.717, 1.165) is 43.7 Å². The number of anilines is 1. The van der Waals surface area contributed by atoms with E-state index in [0.29, 0.717) is 18.8 Å². The summed E-state index contributed by atoms with van der Waals surface area (Å²) in [6.07, 6.45) is 3.50. The Morgan fingerprint density at radius 3 is 3.00 bits per heavy atom.